The van der Waals surface area contributed by atoms with Crippen LogP contribution in [-0.2, 0) is 4.79 Å². The van der Waals surface area contributed by atoms with Gasteiger partial charge in [-0.15, -0.1) is 0 Å². The predicted octanol–water partition coefficient (Wildman–Crippen LogP) is 3.96. The summed E-state index contributed by atoms with van der Waals surface area (Å²) in [6, 6.07) is 11.2. The summed E-state index contributed by atoms with van der Waals surface area (Å²) in [5.41, 5.74) is 1.94. The number of pyridine rings is 1. The molecule has 4 rings (SSSR count). The maximum absolute atomic E-state index is 13.0. The van der Waals surface area contributed by atoms with Crippen molar-refractivity contribution in [2.45, 2.75) is 38.6 Å². The molecule has 1 fully saturated rings. The Labute approximate surface area is 169 Å². The van der Waals surface area contributed by atoms with Gasteiger partial charge < -0.3 is 14.2 Å². The van der Waals surface area contributed by atoms with E-state index in [-0.39, 0.29) is 18.6 Å². The van der Waals surface area contributed by atoms with Gasteiger partial charge in [0, 0.05) is 24.5 Å². The van der Waals surface area contributed by atoms with Gasteiger partial charge in [-0.25, -0.2) is 0 Å². The number of benzene rings is 1. The molecule has 3 heterocycles. The van der Waals surface area contributed by atoms with E-state index in [0.717, 1.165) is 36.8 Å². The molecule has 150 valence electrons. The summed E-state index contributed by atoms with van der Waals surface area (Å²) in [7, 11) is 0. The largest absolute Gasteiger partial charge is 0.484 e. The average Bonchev–Trinajstić information content (AvgIpc) is 3.11. The second-order valence-electron chi connectivity index (χ2n) is 7.25. The molecule has 1 amide bonds. The first kappa shape index (κ1) is 19.1. The average molecular weight is 392 g/mol. The Morgan fingerprint density at radius 3 is 2.86 bits per heavy atom. The highest BCUT2D eigenvalue weighted by Crippen LogP contribution is 2.30. The third-order valence-electron chi connectivity index (χ3n) is 5.10. The number of nitrogens with zero attached hydrogens (tertiary/aromatic N) is 4. The van der Waals surface area contributed by atoms with Crippen molar-refractivity contribution in [3.63, 3.8) is 0 Å². The van der Waals surface area contributed by atoms with Crippen LogP contribution in [0.4, 0.5) is 0 Å². The number of aryl methyl sites for hydroxylation is 1. The number of hydrogen-bond acceptors (Lipinski definition) is 6. The van der Waals surface area contributed by atoms with E-state index in [1.807, 2.05) is 48.2 Å². The van der Waals surface area contributed by atoms with E-state index in [1.54, 1.807) is 12.4 Å². The first-order valence-electron chi connectivity index (χ1n) is 9.93. The molecule has 7 heteroatoms. The van der Waals surface area contributed by atoms with E-state index in [4.69, 9.17) is 9.26 Å². The molecule has 0 spiro atoms. The molecule has 7 nitrogen and oxygen atoms in total. The van der Waals surface area contributed by atoms with Crippen molar-refractivity contribution in [1.29, 1.82) is 0 Å². The zero-order valence-electron chi connectivity index (χ0n) is 16.5. The van der Waals surface area contributed by atoms with Crippen molar-refractivity contribution in [3.05, 3.63) is 60.2 Å². The van der Waals surface area contributed by atoms with Gasteiger partial charge in [0.15, 0.2) is 6.61 Å². The van der Waals surface area contributed by atoms with Crippen LogP contribution in [0.15, 0.2) is 53.3 Å². The van der Waals surface area contributed by atoms with Crippen LogP contribution < -0.4 is 4.74 Å². The summed E-state index contributed by atoms with van der Waals surface area (Å²) in [5, 5.41) is 4.09. The standard InChI is InChI=1S/C22H24N4O3/c1-16-8-10-18(11-9-16)28-15-20(27)26-13-4-2-3-7-19(26)22-24-21(25-29-22)17-6-5-12-23-14-17/h5-6,8-12,14,19H,2-4,7,13,15H2,1H3. The normalized spacial score (nSPS) is 17.0. The molecule has 0 bridgehead atoms. The number of carbonyl (C=O) groups excluding carboxylic acids is 1. The molecular weight excluding hydrogens is 368 g/mol. The maximum Gasteiger partial charge on any atom is 0.261 e. The molecule has 1 aliphatic heterocycles. The van der Waals surface area contributed by atoms with E-state index >= 15 is 0 Å². The van der Waals surface area contributed by atoms with Crippen LogP contribution in [0.25, 0.3) is 11.4 Å². The van der Waals surface area contributed by atoms with Gasteiger partial charge >= 0.3 is 0 Å². The van der Waals surface area contributed by atoms with Crippen molar-refractivity contribution in [3.8, 4) is 17.1 Å². The van der Waals surface area contributed by atoms with E-state index in [9.17, 15) is 4.79 Å². The lowest BCUT2D eigenvalue weighted by molar-refractivity contribution is -0.136. The lowest BCUT2D eigenvalue weighted by Crippen LogP contribution is -2.38. The number of amides is 1. The second kappa shape index (κ2) is 8.86. The molecular formula is C22H24N4O3. The number of ether oxygens (including phenoxy) is 1. The summed E-state index contributed by atoms with van der Waals surface area (Å²) in [6.07, 6.45) is 7.23. The summed E-state index contributed by atoms with van der Waals surface area (Å²) in [4.78, 5) is 23.4. The van der Waals surface area contributed by atoms with Gasteiger partial charge in [-0.05, 0) is 44.0 Å². The van der Waals surface area contributed by atoms with Gasteiger partial charge in [-0.3, -0.25) is 9.78 Å². The number of likely N-dealkylation sites (tertiary alicyclic amines) is 1. The summed E-state index contributed by atoms with van der Waals surface area (Å²) in [6.45, 7) is 2.66. The third kappa shape index (κ3) is 4.62. The number of rotatable bonds is 5. The SMILES string of the molecule is Cc1ccc(OCC(=O)N2CCCCCC2c2nc(-c3cccnc3)no2)cc1. The van der Waals surface area contributed by atoms with Crippen molar-refractivity contribution < 1.29 is 14.1 Å². The van der Waals surface area contributed by atoms with E-state index < -0.39 is 0 Å². The van der Waals surface area contributed by atoms with Gasteiger partial charge in [0.1, 0.15) is 11.8 Å². The minimum absolute atomic E-state index is 0.0108. The van der Waals surface area contributed by atoms with Gasteiger partial charge in [0.05, 0.1) is 0 Å². The highest BCUT2D eigenvalue weighted by atomic mass is 16.5. The van der Waals surface area contributed by atoms with Gasteiger partial charge in [-0.2, -0.15) is 4.98 Å². The Morgan fingerprint density at radius 2 is 2.07 bits per heavy atom. The molecule has 3 aromatic rings. The number of aromatic nitrogens is 3. The number of hydrogen-bond donors (Lipinski definition) is 0. The van der Waals surface area contributed by atoms with Gasteiger partial charge in [0.2, 0.25) is 11.7 Å². The molecule has 2 aromatic heterocycles. The topological polar surface area (TPSA) is 81.4 Å². The first-order valence-corrected chi connectivity index (χ1v) is 9.93. The maximum atomic E-state index is 13.0. The monoisotopic (exact) mass is 392 g/mol. The molecule has 0 saturated carbocycles. The fourth-order valence-electron chi connectivity index (χ4n) is 3.51. The molecule has 29 heavy (non-hydrogen) atoms. The summed E-state index contributed by atoms with van der Waals surface area (Å²) in [5.74, 6) is 1.57. The zero-order valence-corrected chi connectivity index (χ0v) is 16.5. The lowest BCUT2D eigenvalue weighted by atomic mass is 10.1. The lowest BCUT2D eigenvalue weighted by Gasteiger charge is -2.27. The second-order valence-corrected chi connectivity index (χ2v) is 7.25. The minimum Gasteiger partial charge on any atom is -0.484 e. The summed E-state index contributed by atoms with van der Waals surface area (Å²) < 4.78 is 11.3. The Kier molecular flexibility index (Phi) is 5.84. The third-order valence-corrected chi connectivity index (χ3v) is 5.10. The van der Waals surface area contributed by atoms with Crippen LogP contribution in [0, 0.1) is 6.92 Å². The zero-order chi connectivity index (χ0) is 20.1. The van der Waals surface area contributed by atoms with Crippen LogP contribution in [0.2, 0.25) is 0 Å². The van der Waals surface area contributed by atoms with Crippen molar-refractivity contribution in [2.24, 2.45) is 0 Å². The van der Waals surface area contributed by atoms with Crippen LogP contribution in [0.1, 0.15) is 43.2 Å². The van der Waals surface area contributed by atoms with E-state index in [2.05, 4.69) is 15.1 Å². The molecule has 1 aliphatic rings. The Hall–Kier alpha value is -3.22. The molecule has 1 saturated heterocycles. The quantitative estimate of drug-likeness (QED) is 0.654. The summed E-state index contributed by atoms with van der Waals surface area (Å²) >= 11 is 0. The van der Waals surface area contributed by atoms with Crippen molar-refractivity contribution >= 4 is 5.91 Å². The van der Waals surface area contributed by atoms with Gasteiger partial charge in [0.25, 0.3) is 5.91 Å². The van der Waals surface area contributed by atoms with Crippen molar-refractivity contribution in [2.75, 3.05) is 13.2 Å². The molecule has 1 atom stereocenters. The molecule has 1 aromatic carbocycles. The van der Waals surface area contributed by atoms with Crippen LogP contribution in [0.3, 0.4) is 0 Å². The molecule has 0 aliphatic carbocycles. The number of carbonyl (C=O) groups is 1. The Bertz CT molecular complexity index is 940. The fourth-order valence-corrected chi connectivity index (χ4v) is 3.51. The van der Waals surface area contributed by atoms with Crippen molar-refractivity contribution in [1.82, 2.24) is 20.0 Å². The fraction of sp³-hybridized carbons (Fsp3) is 0.364. The molecule has 0 radical (unpaired) electrons. The van der Waals surface area contributed by atoms with Crippen LogP contribution in [-0.4, -0.2) is 39.1 Å². The van der Waals surface area contributed by atoms with E-state index in [1.165, 1.54) is 0 Å². The van der Waals surface area contributed by atoms with Crippen LogP contribution >= 0.6 is 0 Å². The smallest absolute Gasteiger partial charge is 0.261 e. The van der Waals surface area contributed by atoms with E-state index in [0.29, 0.717) is 24.0 Å². The van der Waals surface area contributed by atoms with Crippen LogP contribution in [0.5, 0.6) is 5.75 Å². The Balaban J connectivity index is 1.49. The first-order chi connectivity index (χ1) is 14.2. The van der Waals surface area contributed by atoms with Gasteiger partial charge in [-0.1, -0.05) is 35.7 Å². The molecule has 0 N–H and O–H groups in total. The highest BCUT2D eigenvalue weighted by molar-refractivity contribution is 5.78. The highest BCUT2D eigenvalue weighted by Gasteiger charge is 2.31. The minimum atomic E-state index is -0.232. The molecule has 1 unspecified atom stereocenters. The Morgan fingerprint density at radius 1 is 1.21 bits per heavy atom. The predicted molar refractivity (Wildman–Crippen MR) is 107 cm³/mol.